The Labute approximate surface area is 203 Å². The number of nitrogens with one attached hydrogen (secondary N) is 3. The van der Waals surface area contributed by atoms with Crippen molar-refractivity contribution in [2.45, 2.75) is 25.2 Å². The van der Waals surface area contributed by atoms with E-state index < -0.39 is 0 Å². The monoisotopic (exact) mass is 471 g/mol. The molecule has 0 bridgehead atoms. The molecule has 2 heterocycles. The number of carbonyl (C=O) groups is 2. The van der Waals surface area contributed by atoms with E-state index in [0.29, 0.717) is 30.8 Å². The summed E-state index contributed by atoms with van der Waals surface area (Å²) in [4.78, 5) is 28.6. The second kappa shape index (κ2) is 9.74. The van der Waals surface area contributed by atoms with E-state index in [2.05, 4.69) is 21.7 Å². The molecule has 0 aliphatic carbocycles. The second-order valence-electron chi connectivity index (χ2n) is 8.75. The molecule has 0 saturated carbocycles. The van der Waals surface area contributed by atoms with Gasteiger partial charge in [-0.1, -0.05) is 66.2 Å². The van der Waals surface area contributed by atoms with Crippen molar-refractivity contribution in [1.29, 1.82) is 0 Å². The predicted octanol–water partition coefficient (Wildman–Crippen LogP) is 5.66. The lowest BCUT2D eigenvalue weighted by Gasteiger charge is -2.24. The molecular formula is C28H26ClN3O2. The van der Waals surface area contributed by atoms with E-state index in [1.807, 2.05) is 72.9 Å². The van der Waals surface area contributed by atoms with Gasteiger partial charge in [0, 0.05) is 52.6 Å². The molecule has 3 N–H and O–H groups in total. The van der Waals surface area contributed by atoms with Gasteiger partial charge in [0.05, 0.1) is 0 Å². The molecule has 0 saturated heterocycles. The summed E-state index contributed by atoms with van der Waals surface area (Å²) in [5.41, 5.74) is 5.09. The average molecular weight is 472 g/mol. The van der Waals surface area contributed by atoms with Crippen molar-refractivity contribution in [2.75, 3.05) is 11.9 Å². The van der Waals surface area contributed by atoms with Crippen molar-refractivity contribution in [1.82, 2.24) is 10.3 Å². The van der Waals surface area contributed by atoms with Gasteiger partial charge in [0.15, 0.2) is 0 Å². The highest BCUT2D eigenvalue weighted by Gasteiger charge is 2.27. The minimum absolute atomic E-state index is 0.0146. The number of halogens is 1. The van der Waals surface area contributed by atoms with Crippen LogP contribution in [0.4, 0.5) is 5.69 Å². The molecule has 2 amide bonds. The van der Waals surface area contributed by atoms with Gasteiger partial charge in [-0.3, -0.25) is 9.59 Å². The summed E-state index contributed by atoms with van der Waals surface area (Å²) in [5.74, 6) is -0.380. The van der Waals surface area contributed by atoms with Crippen molar-refractivity contribution in [3.05, 3.63) is 101 Å². The maximum Gasteiger partial charge on any atom is 0.227 e. The van der Waals surface area contributed by atoms with Crippen LogP contribution in [0.25, 0.3) is 10.9 Å². The van der Waals surface area contributed by atoms with Crippen LogP contribution >= 0.6 is 11.6 Å². The highest BCUT2D eigenvalue weighted by Crippen LogP contribution is 2.34. The Bertz CT molecular complexity index is 1350. The molecule has 0 spiro atoms. The van der Waals surface area contributed by atoms with E-state index in [0.717, 1.165) is 33.3 Å². The minimum Gasteiger partial charge on any atom is -0.361 e. The van der Waals surface area contributed by atoms with E-state index in [-0.39, 0.29) is 23.7 Å². The SMILES string of the molecule is O=C(CCC1Cc2ccccc2NC1=O)NCC(c1ccccc1Cl)c1c[nH]c2ccccc12. The summed E-state index contributed by atoms with van der Waals surface area (Å²) >= 11 is 6.56. The summed E-state index contributed by atoms with van der Waals surface area (Å²) in [6.07, 6.45) is 3.46. The lowest BCUT2D eigenvalue weighted by atomic mass is 9.89. The number of benzene rings is 3. The molecule has 2 unspecified atom stereocenters. The van der Waals surface area contributed by atoms with Crippen LogP contribution in [0, 0.1) is 5.92 Å². The number of carbonyl (C=O) groups excluding carboxylic acids is 2. The number of amides is 2. The Morgan fingerprint density at radius 1 is 1.00 bits per heavy atom. The van der Waals surface area contributed by atoms with Crippen LogP contribution in [0.1, 0.15) is 35.4 Å². The van der Waals surface area contributed by atoms with Crippen molar-refractivity contribution >= 4 is 40.0 Å². The molecule has 0 radical (unpaired) electrons. The molecule has 4 aromatic rings. The van der Waals surface area contributed by atoms with Gasteiger partial charge in [0.25, 0.3) is 0 Å². The van der Waals surface area contributed by atoms with E-state index in [9.17, 15) is 9.59 Å². The Morgan fingerprint density at radius 3 is 2.65 bits per heavy atom. The smallest absolute Gasteiger partial charge is 0.227 e. The second-order valence-corrected chi connectivity index (χ2v) is 9.16. The van der Waals surface area contributed by atoms with Crippen LogP contribution < -0.4 is 10.6 Å². The van der Waals surface area contributed by atoms with Crippen molar-refractivity contribution in [2.24, 2.45) is 5.92 Å². The first-order valence-electron chi connectivity index (χ1n) is 11.6. The first-order valence-corrected chi connectivity index (χ1v) is 11.9. The predicted molar refractivity (Wildman–Crippen MR) is 136 cm³/mol. The van der Waals surface area contributed by atoms with E-state index in [1.54, 1.807) is 0 Å². The zero-order chi connectivity index (χ0) is 23.5. The summed E-state index contributed by atoms with van der Waals surface area (Å²) in [7, 11) is 0. The summed E-state index contributed by atoms with van der Waals surface area (Å²) in [5, 5.41) is 7.83. The van der Waals surface area contributed by atoms with Crippen LogP contribution in [0.2, 0.25) is 5.02 Å². The maximum absolute atomic E-state index is 12.8. The number of fused-ring (bicyclic) bond motifs is 2. The molecule has 172 valence electrons. The van der Waals surface area contributed by atoms with Crippen LogP contribution in [0.15, 0.2) is 79.0 Å². The van der Waals surface area contributed by atoms with Gasteiger partial charge in [-0.15, -0.1) is 0 Å². The van der Waals surface area contributed by atoms with E-state index in [4.69, 9.17) is 11.6 Å². The van der Waals surface area contributed by atoms with Gasteiger partial charge in [-0.05, 0) is 47.7 Å². The Kier molecular flexibility index (Phi) is 6.37. The van der Waals surface area contributed by atoms with Crippen LogP contribution in [0.3, 0.4) is 0 Å². The van der Waals surface area contributed by atoms with Gasteiger partial charge < -0.3 is 15.6 Å². The first-order chi connectivity index (χ1) is 16.6. The average Bonchev–Trinajstić information content (AvgIpc) is 3.28. The number of hydrogen-bond acceptors (Lipinski definition) is 2. The van der Waals surface area contributed by atoms with Crippen LogP contribution in [0.5, 0.6) is 0 Å². The third-order valence-corrected chi connectivity index (χ3v) is 6.96. The van der Waals surface area contributed by atoms with Gasteiger partial charge >= 0.3 is 0 Å². The highest BCUT2D eigenvalue weighted by molar-refractivity contribution is 6.31. The molecule has 1 aromatic heterocycles. The van der Waals surface area contributed by atoms with Gasteiger partial charge in [0.1, 0.15) is 0 Å². The Morgan fingerprint density at radius 2 is 1.76 bits per heavy atom. The fourth-order valence-electron chi connectivity index (χ4n) is 4.78. The Hall–Kier alpha value is -3.57. The third kappa shape index (κ3) is 4.57. The number of para-hydroxylation sites is 2. The molecule has 6 heteroatoms. The molecule has 5 rings (SSSR count). The van der Waals surface area contributed by atoms with E-state index in [1.165, 1.54) is 0 Å². The first kappa shape index (κ1) is 22.2. The minimum atomic E-state index is -0.200. The van der Waals surface area contributed by atoms with Crippen molar-refractivity contribution in [3.8, 4) is 0 Å². The molecule has 5 nitrogen and oxygen atoms in total. The van der Waals surface area contributed by atoms with E-state index >= 15 is 0 Å². The number of H-pyrrole nitrogens is 1. The van der Waals surface area contributed by atoms with Crippen molar-refractivity contribution < 1.29 is 9.59 Å². The molecule has 1 aliphatic rings. The molecule has 34 heavy (non-hydrogen) atoms. The zero-order valence-corrected chi connectivity index (χ0v) is 19.4. The Balaban J connectivity index is 1.28. The lowest BCUT2D eigenvalue weighted by molar-refractivity contribution is -0.122. The number of rotatable bonds is 7. The summed E-state index contributed by atoms with van der Waals surface area (Å²) < 4.78 is 0. The van der Waals surface area contributed by atoms with Crippen LogP contribution in [-0.4, -0.2) is 23.3 Å². The third-order valence-electron chi connectivity index (χ3n) is 6.61. The van der Waals surface area contributed by atoms with Crippen LogP contribution in [-0.2, 0) is 16.0 Å². The molecular weight excluding hydrogens is 446 g/mol. The maximum atomic E-state index is 12.8. The highest BCUT2D eigenvalue weighted by atomic mass is 35.5. The number of anilines is 1. The largest absolute Gasteiger partial charge is 0.361 e. The fraction of sp³-hybridized carbons (Fsp3) is 0.214. The molecule has 3 aromatic carbocycles. The number of aromatic amines is 1. The van der Waals surface area contributed by atoms with Crippen molar-refractivity contribution in [3.63, 3.8) is 0 Å². The molecule has 1 aliphatic heterocycles. The van der Waals surface area contributed by atoms with Gasteiger partial charge in [-0.25, -0.2) is 0 Å². The van der Waals surface area contributed by atoms with Gasteiger partial charge in [0.2, 0.25) is 11.8 Å². The quantitative estimate of drug-likeness (QED) is 0.325. The zero-order valence-electron chi connectivity index (χ0n) is 18.7. The summed E-state index contributed by atoms with van der Waals surface area (Å²) in [6.45, 7) is 0.421. The fourth-order valence-corrected chi connectivity index (χ4v) is 5.05. The number of aromatic nitrogens is 1. The number of hydrogen-bond donors (Lipinski definition) is 3. The van der Waals surface area contributed by atoms with Gasteiger partial charge in [-0.2, -0.15) is 0 Å². The topological polar surface area (TPSA) is 74.0 Å². The lowest BCUT2D eigenvalue weighted by Crippen LogP contribution is -2.33. The standard InChI is InChI=1S/C28H26ClN3O2/c29-24-10-4-2-8-20(24)22(23-16-30-26-12-6-3-9-21(23)26)17-31-27(33)14-13-19-15-18-7-1-5-11-25(18)32-28(19)34/h1-12,16,19,22,30H,13-15,17H2,(H,31,33)(H,32,34). The molecule has 0 fully saturated rings. The normalized spacial score (nSPS) is 16.0. The summed E-state index contributed by atoms with van der Waals surface area (Å²) in [6, 6.07) is 23.7. The molecule has 2 atom stereocenters.